The van der Waals surface area contributed by atoms with Crippen molar-refractivity contribution in [1.29, 1.82) is 0 Å². The van der Waals surface area contributed by atoms with E-state index < -0.39 is 29.3 Å². The van der Waals surface area contributed by atoms with E-state index in [4.69, 9.17) is 23.2 Å². The maximum atomic E-state index is 13.3. The molecule has 0 atom stereocenters. The quantitative estimate of drug-likeness (QED) is 0.411. The highest BCUT2D eigenvalue weighted by Gasteiger charge is 2.36. The van der Waals surface area contributed by atoms with Crippen molar-refractivity contribution >= 4 is 40.6 Å². The summed E-state index contributed by atoms with van der Waals surface area (Å²) in [5.74, 6) is -1.24. The molecule has 0 spiro atoms. The molecule has 32 heavy (non-hydrogen) atoms. The molecule has 3 heterocycles. The maximum Gasteiger partial charge on any atom is 0.433 e. The van der Waals surface area contributed by atoms with Crippen LogP contribution in [0.2, 0.25) is 10.0 Å². The van der Waals surface area contributed by atoms with Gasteiger partial charge in [-0.1, -0.05) is 29.3 Å². The highest BCUT2D eigenvalue weighted by atomic mass is 35.5. The third-order valence-electron chi connectivity index (χ3n) is 4.40. The number of nitrogens with one attached hydrogen (secondary N) is 1. The van der Waals surface area contributed by atoms with Gasteiger partial charge >= 0.3 is 6.18 Å². The zero-order chi connectivity index (χ0) is 23.2. The molecule has 4 aromatic rings. The van der Waals surface area contributed by atoms with E-state index >= 15 is 0 Å². The summed E-state index contributed by atoms with van der Waals surface area (Å²) in [7, 11) is 0. The van der Waals surface area contributed by atoms with Gasteiger partial charge in [0.15, 0.2) is 17.2 Å². The Morgan fingerprint density at radius 2 is 1.91 bits per heavy atom. The maximum absolute atomic E-state index is 13.3. The van der Waals surface area contributed by atoms with Gasteiger partial charge in [-0.2, -0.15) is 23.4 Å². The number of carbonyl (C=O) groups is 1. The molecule has 3 aromatic heterocycles. The van der Waals surface area contributed by atoms with E-state index in [2.05, 4.69) is 20.5 Å². The van der Waals surface area contributed by atoms with Crippen LogP contribution >= 0.6 is 23.2 Å². The molecule has 13 heteroatoms. The predicted octanol–water partition coefficient (Wildman–Crippen LogP) is 5.00. The van der Waals surface area contributed by atoms with Crippen LogP contribution in [0.1, 0.15) is 27.4 Å². The van der Waals surface area contributed by atoms with Crippen LogP contribution in [0.3, 0.4) is 0 Å². The van der Waals surface area contributed by atoms with E-state index in [0.717, 1.165) is 6.07 Å². The first-order chi connectivity index (χ1) is 15.0. The van der Waals surface area contributed by atoms with E-state index in [9.17, 15) is 22.4 Å². The second kappa shape index (κ2) is 8.06. The summed E-state index contributed by atoms with van der Waals surface area (Å²) >= 11 is 12.1. The number of fused-ring (bicyclic) bond motifs is 1. The lowest BCUT2D eigenvalue weighted by molar-refractivity contribution is -0.142. The van der Waals surface area contributed by atoms with Crippen LogP contribution in [-0.4, -0.2) is 30.3 Å². The van der Waals surface area contributed by atoms with Crippen molar-refractivity contribution in [2.75, 3.05) is 5.32 Å². The Morgan fingerprint density at radius 1 is 1.16 bits per heavy atom. The number of rotatable bonds is 4. The monoisotopic (exact) mass is 486 g/mol. The Balaban J connectivity index is 1.59. The van der Waals surface area contributed by atoms with Crippen molar-refractivity contribution in [3.05, 3.63) is 75.0 Å². The number of benzene rings is 1. The molecule has 1 aromatic carbocycles. The normalized spacial score (nSPS) is 11.8. The van der Waals surface area contributed by atoms with Gasteiger partial charge < -0.3 is 5.32 Å². The fraction of sp³-hybridized carbons (Fsp3) is 0.158. The highest BCUT2D eigenvalue weighted by molar-refractivity contribution is 6.37. The molecule has 0 aliphatic rings. The molecule has 0 radical (unpaired) electrons. The van der Waals surface area contributed by atoms with Crippen LogP contribution in [0, 0.1) is 12.7 Å². The number of hydrogen-bond donors (Lipinski definition) is 1. The molecule has 0 bridgehead atoms. The predicted molar refractivity (Wildman–Crippen MR) is 108 cm³/mol. The fourth-order valence-electron chi connectivity index (χ4n) is 2.98. The Kier molecular flexibility index (Phi) is 5.55. The minimum atomic E-state index is -4.73. The van der Waals surface area contributed by atoms with Crippen LogP contribution in [-0.2, 0) is 12.7 Å². The molecule has 0 saturated heterocycles. The van der Waals surface area contributed by atoms with Crippen LogP contribution < -0.4 is 5.32 Å². The van der Waals surface area contributed by atoms with Crippen molar-refractivity contribution in [2.24, 2.45) is 0 Å². The van der Waals surface area contributed by atoms with Gasteiger partial charge in [-0.3, -0.25) is 9.48 Å². The summed E-state index contributed by atoms with van der Waals surface area (Å²) in [6.07, 6.45) is -3.19. The zero-order valence-electron chi connectivity index (χ0n) is 16.1. The second-order valence-electron chi connectivity index (χ2n) is 6.77. The van der Waals surface area contributed by atoms with Gasteiger partial charge in [-0.15, -0.1) is 0 Å². The Labute approximate surface area is 187 Å². The van der Waals surface area contributed by atoms with Crippen molar-refractivity contribution in [1.82, 2.24) is 24.4 Å². The average Bonchev–Trinajstić information content (AvgIpc) is 3.27. The van der Waals surface area contributed by atoms with Crippen LogP contribution in [0.4, 0.5) is 23.4 Å². The minimum Gasteiger partial charge on any atom is -0.304 e. The summed E-state index contributed by atoms with van der Waals surface area (Å²) in [6, 6.07) is 6.19. The first kappa shape index (κ1) is 22.0. The topological polar surface area (TPSA) is 77.1 Å². The summed E-state index contributed by atoms with van der Waals surface area (Å²) < 4.78 is 55.1. The van der Waals surface area contributed by atoms with Gasteiger partial charge in [0.2, 0.25) is 0 Å². The van der Waals surface area contributed by atoms with Crippen molar-refractivity contribution < 1.29 is 22.4 Å². The van der Waals surface area contributed by atoms with Crippen LogP contribution in [0.25, 0.3) is 5.65 Å². The number of aryl methyl sites for hydroxylation is 1. The molecule has 0 saturated carbocycles. The fourth-order valence-corrected chi connectivity index (χ4v) is 3.45. The largest absolute Gasteiger partial charge is 0.433 e. The highest BCUT2D eigenvalue weighted by Crippen LogP contribution is 2.32. The average molecular weight is 487 g/mol. The van der Waals surface area contributed by atoms with Gasteiger partial charge in [-0.25, -0.2) is 13.9 Å². The van der Waals surface area contributed by atoms with E-state index in [0.29, 0.717) is 10.1 Å². The van der Waals surface area contributed by atoms with Gasteiger partial charge in [-0.05, 0) is 30.7 Å². The lowest BCUT2D eigenvalue weighted by Crippen LogP contribution is -2.16. The van der Waals surface area contributed by atoms with Crippen molar-refractivity contribution in [2.45, 2.75) is 19.6 Å². The summed E-state index contributed by atoms with van der Waals surface area (Å²) in [5.41, 5.74) is -1.18. The zero-order valence-corrected chi connectivity index (χ0v) is 17.6. The first-order valence-electron chi connectivity index (χ1n) is 8.95. The molecular weight excluding hydrogens is 475 g/mol. The molecular formula is C19H12Cl2F4N6O. The van der Waals surface area contributed by atoms with Crippen LogP contribution in [0.5, 0.6) is 0 Å². The SMILES string of the molecule is Cc1cc(C(F)(F)F)n2nc(C(=O)Nc3ccn(Cc4ccc(F)cc4Cl)n3)c(Cl)c2n1. The smallest absolute Gasteiger partial charge is 0.304 e. The molecule has 0 aliphatic carbocycles. The molecule has 166 valence electrons. The molecule has 1 amide bonds. The number of hydrogen-bond acceptors (Lipinski definition) is 4. The van der Waals surface area contributed by atoms with E-state index in [1.807, 2.05) is 0 Å². The number of amides is 1. The van der Waals surface area contributed by atoms with Gasteiger partial charge in [0.1, 0.15) is 16.5 Å². The molecule has 7 nitrogen and oxygen atoms in total. The molecule has 0 aliphatic heterocycles. The Bertz CT molecular complexity index is 1350. The Hall–Kier alpha value is -3.18. The van der Waals surface area contributed by atoms with E-state index in [-0.39, 0.29) is 33.7 Å². The number of carbonyl (C=O) groups excluding carboxylic acids is 1. The van der Waals surface area contributed by atoms with Crippen LogP contribution in [0.15, 0.2) is 36.5 Å². The second-order valence-corrected chi connectivity index (χ2v) is 7.55. The summed E-state index contributed by atoms with van der Waals surface area (Å²) in [5, 5.41) is 10.2. The van der Waals surface area contributed by atoms with Gasteiger partial charge in [0.05, 0.1) is 6.54 Å². The van der Waals surface area contributed by atoms with Crippen molar-refractivity contribution in [3.63, 3.8) is 0 Å². The lowest BCUT2D eigenvalue weighted by atomic mass is 10.2. The number of nitrogens with zero attached hydrogens (tertiary/aromatic N) is 5. The number of halogens is 6. The lowest BCUT2D eigenvalue weighted by Gasteiger charge is -2.09. The first-order valence-corrected chi connectivity index (χ1v) is 9.70. The van der Waals surface area contributed by atoms with E-state index in [1.54, 1.807) is 0 Å². The summed E-state index contributed by atoms with van der Waals surface area (Å²) in [6.45, 7) is 1.57. The summed E-state index contributed by atoms with van der Waals surface area (Å²) in [4.78, 5) is 16.6. The number of alkyl halides is 3. The molecule has 1 N–H and O–H groups in total. The minimum absolute atomic E-state index is 0.0665. The van der Waals surface area contributed by atoms with E-state index in [1.165, 1.54) is 42.1 Å². The third kappa shape index (κ3) is 4.26. The van der Waals surface area contributed by atoms with Crippen molar-refractivity contribution in [3.8, 4) is 0 Å². The van der Waals surface area contributed by atoms with Gasteiger partial charge in [0.25, 0.3) is 5.91 Å². The van der Waals surface area contributed by atoms with Gasteiger partial charge in [0, 0.05) is 23.0 Å². The third-order valence-corrected chi connectivity index (χ3v) is 5.10. The number of aromatic nitrogens is 5. The molecule has 0 unspecified atom stereocenters. The molecule has 0 fully saturated rings. The standard InChI is InChI=1S/C19H12Cl2F4N6O/c1-9-6-13(19(23,24)25)31-17(26-9)15(21)16(29-31)18(32)27-14-4-5-30(28-14)8-10-2-3-11(22)7-12(10)20/h2-7H,8H2,1H3,(H,27,28,32). The molecule has 4 rings (SSSR count). The Morgan fingerprint density at radius 3 is 2.59 bits per heavy atom. The number of anilines is 1.